The van der Waals surface area contributed by atoms with Crippen LogP contribution in [0, 0.1) is 12.8 Å². The molecule has 1 aliphatic rings. The predicted molar refractivity (Wildman–Crippen MR) is 110 cm³/mol. The van der Waals surface area contributed by atoms with Crippen molar-refractivity contribution in [2.24, 2.45) is 10.9 Å². The molecular formula is C17H30IN5O3. The number of nitrogens with one attached hydrogen (secondary N) is 1. The van der Waals surface area contributed by atoms with Crippen molar-refractivity contribution >= 4 is 35.9 Å². The maximum Gasteiger partial charge on any atom is 0.310 e. The summed E-state index contributed by atoms with van der Waals surface area (Å²) in [5, 5.41) is 7.11. The quantitative estimate of drug-likeness (QED) is 0.211. The lowest BCUT2D eigenvalue weighted by Crippen LogP contribution is -2.48. The molecule has 9 heteroatoms. The minimum Gasteiger partial charge on any atom is -0.466 e. The van der Waals surface area contributed by atoms with E-state index < -0.39 is 0 Å². The Hall–Kier alpha value is -1.39. The summed E-state index contributed by atoms with van der Waals surface area (Å²) in [7, 11) is 0. The molecule has 0 spiro atoms. The number of piperidine rings is 1. The lowest BCUT2D eigenvalue weighted by Gasteiger charge is -2.34. The van der Waals surface area contributed by atoms with Crippen molar-refractivity contribution in [3.05, 3.63) is 11.7 Å². The first-order valence-electron chi connectivity index (χ1n) is 9.13. The zero-order valence-electron chi connectivity index (χ0n) is 15.9. The van der Waals surface area contributed by atoms with E-state index in [2.05, 4.69) is 25.3 Å². The van der Waals surface area contributed by atoms with Crippen LogP contribution in [0.2, 0.25) is 0 Å². The third-order valence-corrected chi connectivity index (χ3v) is 4.06. The van der Waals surface area contributed by atoms with Gasteiger partial charge in [-0.05, 0) is 40.0 Å². The SMILES string of the molecule is CCNC(=NCCCc1nc(C)no1)N1CCCC(C(=O)OCC)C1.I. The monoisotopic (exact) mass is 479 g/mol. The zero-order valence-corrected chi connectivity index (χ0v) is 18.2. The number of guanidine groups is 1. The molecule has 148 valence electrons. The number of rotatable bonds is 7. The number of carbonyl (C=O) groups is 1. The van der Waals surface area contributed by atoms with Crippen molar-refractivity contribution in [2.45, 2.75) is 46.5 Å². The van der Waals surface area contributed by atoms with Gasteiger partial charge in [-0.2, -0.15) is 4.98 Å². The van der Waals surface area contributed by atoms with Gasteiger partial charge in [0.2, 0.25) is 5.89 Å². The van der Waals surface area contributed by atoms with Gasteiger partial charge in [-0.25, -0.2) is 0 Å². The second-order valence-electron chi connectivity index (χ2n) is 6.11. The zero-order chi connectivity index (χ0) is 18.1. The number of likely N-dealkylation sites (tertiary alicyclic amines) is 1. The fourth-order valence-corrected chi connectivity index (χ4v) is 2.90. The van der Waals surface area contributed by atoms with Crippen molar-refractivity contribution < 1.29 is 14.1 Å². The van der Waals surface area contributed by atoms with E-state index in [1.807, 2.05) is 20.8 Å². The fourth-order valence-electron chi connectivity index (χ4n) is 2.90. The van der Waals surface area contributed by atoms with E-state index in [4.69, 9.17) is 9.26 Å². The van der Waals surface area contributed by atoms with E-state index in [1.54, 1.807) is 0 Å². The summed E-state index contributed by atoms with van der Waals surface area (Å²) in [4.78, 5) is 23.1. The van der Waals surface area contributed by atoms with Crippen LogP contribution in [0.15, 0.2) is 9.52 Å². The van der Waals surface area contributed by atoms with E-state index in [9.17, 15) is 4.79 Å². The molecule has 1 aromatic rings. The van der Waals surface area contributed by atoms with Gasteiger partial charge in [-0.1, -0.05) is 5.16 Å². The summed E-state index contributed by atoms with van der Waals surface area (Å²) in [6, 6.07) is 0. The highest BCUT2D eigenvalue weighted by Crippen LogP contribution is 2.18. The molecule has 8 nitrogen and oxygen atoms in total. The van der Waals surface area contributed by atoms with Gasteiger partial charge < -0.3 is 19.5 Å². The summed E-state index contributed by atoms with van der Waals surface area (Å²) in [6.45, 7) is 9.16. The van der Waals surface area contributed by atoms with Crippen LogP contribution in [0.3, 0.4) is 0 Å². The predicted octanol–water partition coefficient (Wildman–Crippen LogP) is 2.17. The lowest BCUT2D eigenvalue weighted by atomic mass is 9.98. The summed E-state index contributed by atoms with van der Waals surface area (Å²) in [5.74, 6) is 2.00. The Morgan fingerprint density at radius 1 is 1.46 bits per heavy atom. The van der Waals surface area contributed by atoms with E-state index in [-0.39, 0.29) is 35.9 Å². The Morgan fingerprint density at radius 3 is 2.92 bits per heavy atom. The third kappa shape index (κ3) is 7.08. The van der Waals surface area contributed by atoms with Gasteiger partial charge in [0.25, 0.3) is 0 Å². The Morgan fingerprint density at radius 2 is 2.27 bits per heavy atom. The third-order valence-electron chi connectivity index (χ3n) is 4.06. The van der Waals surface area contributed by atoms with Crippen LogP contribution < -0.4 is 5.32 Å². The maximum absolute atomic E-state index is 12.0. The molecule has 1 saturated heterocycles. The lowest BCUT2D eigenvalue weighted by molar-refractivity contribution is -0.149. The molecule has 0 amide bonds. The summed E-state index contributed by atoms with van der Waals surface area (Å²) in [5.41, 5.74) is 0. The van der Waals surface area contributed by atoms with Gasteiger partial charge in [-0.3, -0.25) is 9.79 Å². The summed E-state index contributed by atoms with van der Waals surface area (Å²) in [6.07, 6.45) is 3.40. The molecular weight excluding hydrogens is 449 g/mol. The van der Waals surface area contributed by atoms with E-state index >= 15 is 0 Å². The second kappa shape index (κ2) is 12.1. The molecule has 2 heterocycles. The average Bonchev–Trinajstić information content (AvgIpc) is 3.03. The Balaban J connectivity index is 0.00000338. The molecule has 1 N–H and O–H groups in total. The van der Waals surface area contributed by atoms with Crippen LogP contribution in [0.4, 0.5) is 0 Å². The van der Waals surface area contributed by atoms with Crippen molar-refractivity contribution in [3.8, 4) is 0 Å². The van der Waals surface area contributed by atoms with Gasteiger partial charge in [0.1, 0.15) is 0 Å². The smallest absolute Gasteiger partial charge is 0.310 e. The topological polar surface area (TPSA) is 92.9 Å². The minimum atomic E-state index is -0.102. The number of aromatic nitrogens is 2. The number of hydrogen-bond acceptors (Lipinski definition) is 6. The van der Waals surface area contributed by atoms with Crippen LogP contribution >= 0.6 is 24.0 Å². The number of esters is 1. The second-order valence-corrected chi connectivity index (χ2v) is 6.11. The van der Waals surface area contributed by atoms with Crippen LogP contribution in [-0.2, 0) is 16.0 Å². The van der Waals surface area contributed by atoms with Gasteiger partial charge in [0.05, 0.1) is 12.5 Å². The number of hydrogen-bond donors (Lipinski definition) is 1. The Kier molecular flexibility index (Phi) is 10.5. The number of ether oxygens (including phenoxy) is 1. The molecule has 26 heavy (non-hydrogen) atoms. The van der Waals surface area contributed by atoms with Crippen molar-refractivity contribution in [3.63, 3.8) is 0 Å². The summed E-state index contributed by atoms with van der Waals surface area (Å²) >= 11 is 0. The first kappa shape index (κ1) is 22.7. The number of aliphatic imine (C=N–C) groups is 1. The average molecular weight is 479 g/mol. The highest BCUT2D eigenvalue weighted by Gasteiger charge is 2.28. The van der Waals surface area contributed by atoms with E-state index in [0.29, 0.717) is 31.4 Å². The van der Waals surface area contributed by atoms with Crippen LogP contribution in [-0.4, -0.2) is 59.8 Å². The van der Waals surface area contributed by atoms with Crippen molar-refractivity contribution in [1.82, 2.24) is 20.4 Å². The number of halogens is 1. The fraction of sp³-hybridized carbons (Fsp3) is 0.765. The van der Waals surface area contributed by atoms with Crippen LogP contribution in [0.1, 0.15) is 44.8 Å². The Bertz CT molecular complexity index is 578. The summed E-state index contributed by atoms with van der Waals surface area (Å²) < 4.78 is 10.3. The molecule has 1 fully saturated rings. The molecule has 0 aliphatic carbocycles. The van der Waals surface area contributed by atoms with Crippen molar-refractivity contribution in [2.75, 3.05) is 32.8 Å². The largest absolute Gasteiger partial charge is 0.466 e. The number of nitrogens with zero attached hydrogens (tertiary/aromatic N) is 4. The molecule has 0 saturated carbocycles. The van der Waals surface area contributed by atoms with Gasteiger partial charge in [-0.15, -0.1) is 24.0 Å². The van der Waals surface area contributed by atoms with Crippen molar-refractivity contribution in [1.29, 1.82) is 0 Å². The standard InChI is InChI=1S/C17H29N5O3.HI/c1-4-18-17(19-10-6-9-15-20-13(3)21-25-15)22-11-7-8-14(12-22)16(23)24-5-2;/h14H,4-12H2,1-3H3,(H,18,19);1H. The molecule has 1 aliphatic heterocycles. The van der Waals surface area contributed by atoms with Gasteiger partial charge in [0, 0.05) is 32.6 Å². The maximum atomic E-state index is 12.0. The van der Waals surface area contributed by atoms with E-state index in [0.717, 1.165) is 44.7 Å². The Labute approximate surface area is 172 Å². The number of aryl methyl sites for hydroxylation is 2. The van der Waals surface area contributed by atoms with E-state index in [1.165, 1.54) is 0 Å². The molecule has 1 atom stereocenters. The molecule has 1 unspecified atom stereocenters. The molecule has 2 rings (SSSR count). The molecule has 0 radical (unpaired) electrons. The first-order valence-corrected chi connectivity index (χ1v) is 9.13. The first-order chi connectivity index (χ1) is 12.1. The van der Waals surface area contributed by atoms with Crippen LogP contribution in [0.5, 0.6) is 0 Å². The molecule has 0 aromatic carbocycles. The molecule has 0 bridgehead atoms. The van der Waals surface area contributed by atoms with Gasteiger partial charge >= 0.3 is 5.97 Å². The number of carbonyl (C=O) groups excluding carboxylic acids is 1. The highest BCUT2D eigenvalue weighted by molar-refractivity contribution is 14.0. The molecule has 1 aromatic heterocycles. The van der Waals surface area contributed by atoms with Gasteiger partial charge in [0.15, 0.2) is 11.8 Å². The minimum absolute atomic E-state index is 0. The highest BCUT2D eigenvalue weighted by atomic mass is 127. The van der Waals surface area contributed by atoms with Crippen LogP contribution in [0.25, 0.3) is 0 Å². The normalized spacial score (nSPS) is 17.6.